The Hall–Kier alpha value is -1.88. The summed E-state index contributed by atoms with van der Waals surface area (Å²) >= 11 is 3.06. The Morgan fingerprint density at radius 2 is 1.90 bits per heavy atom. The predicted molar refractivity (Wildman–Crippen MR) is 83.0 cm³/mol. The third-order valence-electron chi connectivity index (χ3n) is 2.81. The maximum Gasteiger partial charge on any atom is 0.254 e. The summed E-state index contributed by atoms with van der Waals surface area (Å²) < 4.78 is 19.5. The van der Waals surface area contributed by atoms with E-state index in [4.69, 9.17) is 4.74 Å². The van der Waals surface area contributed by atoms with Crippen molar-refractivity contribution in [3.05, 3.63) is 64.4 Å². The molecule has 1 amide bonds. The molecule has 0 bridgehead atoms. The summed E-state index contributed by atoms with van der Waals surface area (Å²) in [6, 6.07) is 14.1. The number of carbonyl (C=O) groups is 1. The molecule has 0 saturated carbocycles. The van der Waals surface area contributed by atoms with Crippen LogP contribution in [0.15, 0.2) is 53.0 Å². The molecule has 0 aromatic heterocycles. The number of para-hydroxylation sites is 1. The molecule has 0 aliphatic carbocycles. The predicted octanol–water partition coefficient (Wildman–Crippen LogP) is 3.79. The Bertz CT molecular complexity index is 604. The monoisotopic (exact) mass is 351 g/mol. The minimum absolute atomic E-state index is 0.0355. The molecule has 0 atom stereocenters. The van der Waals surface area contributed by atoms with Crippen LogP contribution in [-0.2, 0) is 0 Å². The minimum atomic E-state index is -0.546. The molecular weight excluding hydrogens is 337 g/mol. The summed E-state index contributed by atoms with van der Waals surface area (Å²) in [5.74, 6) is -0.175. The molecule has 21 heavy (non-hydrogen) atoms. The molecule has 110 valence electrons. The van der Waals surface area contributed by atoms with Gasteiger partial charge in [-0.2, -0.15) is 0 Å². The highest BCUT2D eigenvalue weighted by atomic mass is 79.9. The molecule has 2 aromatic rings. The lowest BCUT2D eigenvalue weighted by atomic mass is 10.2. The summed E-state index contributed by atoms with van der Waals surface area (Å²) in [7, 11) is 0. The summed E-state index contributed by atoms with van der Waals surface area (Å²) in [5.41, 5.74) is 0.0355. The first-order valence-corrected chi connectivity index (χ1v) is 7.38. The van der Waals surface area contributed by atoms with Gasteiger partial charge in [0.25, 0.3) is 5.91 Å². The van der Waals surface area contributed by atoms with Crippen LogP contribution in [0.5, 0.6) is 5.75 Å². The lowest BCUT2D eigenvalue weighted by Gasteiger charge is -2.08. The molecule has 3 nitrogen and oxygen atoms in total. The Morgan fingerprint density at radius 1 is 1.14 bits per heavy atom. The molecule has 5 heteroatoms. The number of hydrogen-bond donors (Lipinski definition) is 1. The van der Waals surface area contributed by atoms with Gasteiger partial charge in [0.1, 0.15) is 11.6 Å². The van der Waals surface area contributed by atoms with E-state index in [2.05, 4.69) is 21.2 Å². The number of halogens is 2. The number of hydrogen-bond acceptors (Lipinski definition) is 2. The van der Waals surface area contributed by atoms with Crippen molar-refractivity contribution < 1.29 is 13.9 Å². The quantitative estimate of drug-likeness (QED) is 0.804. The van der Waals surface area contributed by atoms with Crippen LogP contribution in [0.4, 0.5) is 4.39 Å². The number of ether oxygens (including phenoxy) is 1. The van der Waals surface area contributed by atoms with Crippen LogP contribution in [0.25, 0.3) is 0 Å². The highest BCUT2D eigenvalue weighted by Gasteiger charge is 2.12. The Kier molecular flexibility index (Phi) is 5.75. The van der Waals surface area contributed by atoms with Crippen molar-refractivity contribution in [3.63, 3.8) is 0 Å². The van der Waals surface area contributed by atoms with Crippen LogP contribution in [0.2, 0.25) is 0 Å². The second-order valence-electron chi connectivity index (χ2n) is 4.37. The molecular formula is C16H15BrFNO2. The fourth-order valence-electron chi connectivity index (χ4n) is 1.76. The third kappa shape index (κ3) is 4.56. The van der Waals surface area contributed by atoms with Crippen LogP contribution in [0, 0.1) is 5.82 Å². The van der Waals surface area contributed by atoms with E-state index in [1.165, 1.54) is 6.07 Å². The molecule has 1 N–H and O–H groups in total. The van der Waals surface area contributed by atoms with Crippen LogP contribution < -0.4 is 10.1 Å². The number of benzene rings is 2. The van der Waals surface area contributed by atoms with Crippen molar-refractivity contribution in [1.82, 2.24) is 5.32 Å². The molecule has 2 rings (SSSR count). The zero-order valence-corrected chi connectivity index (χ0v) is 12.9. The smallest absolute Gasteiger partial charge is 0.254 e. The standard InChI is InChI=1S/C16H15BrFNO2/c17-14-9-4-8-13(15(14)18)16(20)19-10-5-11-21-12-6-2-1-3-7-12/h1-4,6-9H,5,10-11H2,(H,19,20). The van der Waals surface area contributed by atoms with Crippen molar-refractivity contribution in [2.24, 2.45) is 0 Å². The number of carbonyl (C=O) groups excluding carboxylic acids is 1. The van der Waals surface area contributed by atoms with Gasteiger partial charge in [0, 0.05) is 6.54 Å². The van der Waals surface area contributed by atoms with Gasteiger partial charge in [-0.1, -0.05) is 24.3 Å². The van der Waals surface area contributed by atoms with E-state index in [0.29, 0.717) is 19.6 Å². The van der Waals surface area contributed by atoms with E-state index in [9.17, 15) is 9.18 Å². The first-order chi connectivity index (χ1) is 10.2. The fraction of sp³-hybridized carbons (Fsp3) is 0.188. The van der Waals surface area contributed by atoms with Gasteiger partial charge < -0.3 is 10.1 Å². The SMILES string of the molecule is O=C(NCCCOc1ccccc1)c1cccc(Br)c1F. The van der Waals surface area contributed by atoms with E-state index < -0.39 is 11.7 Å². The Balaban J connectivity index is 1.73. The van der Waals surface area contributed by atoms with Crippen LogP contribution in [0.3, 0.4) is 0 Å². The van der Waals surface area contributed by atoms with Gasteiger partial charge in [-0.3, -0.25) is 4.79 Å². The molecule has 0 radical (unpaired) electrons. The second-order valence-corrected chi connectivity index (χ2v) is 5.23. The Morgan fingerprint density at radius 3 is 2.67 bits per heavy atom. The fourth-order valence-corrected chi connectivity index (χ4v) is 2.12. The molecule has 0 fully saturated rings. The topological polar surface area (TPSA) is 38.3 Å². The van der Waals surface area contributed by atoms with Gasteiger partial charge >= 0.3 is 0 Å². The average molecular weight is 352 g/mol. The van der Waals surface area contributed by atoms with Crippen LogP contribution in [-0.4, -0.2) is 19.1 Å². The van der Waals surface area contributed by atoms with Crippen LogP contribution >= 0.6 is 15.9 Å². The lowest BCUT2D eigenvalue weighted by molar-refractivity contribution is 0.0947. The van der Waals surface area contributed by atoms with Crippen molar-refractivity contribution in [2.75, 3.05) is 13.2 Å². The molecule has 0 spiro atoms. The van der Waals surface area contributed by atoms with E-state index in [0.717, 1.165) is 5.75 Å². The zero-order valence-electron chi connectivity index (χ0n) is 11.3. The average Bonchev–Trinajstić information content (AvgIpc) is 2.50. The maximum atomic E-state index is 13.7. The highest BCUT2D eigenvalue weighted by Crippen LogP contribution is 2.18. The third-order valence-corrected chi connectivity index (χ3v) is 3.43. The molecule has 0 aliphatic rings. The number of nitrogens with one attached hydrogen (secondary N) is 1. The Labute approximate surface area is 131 Å². The van der Waals surface area contributed by atoms with Gasteiger partial charge in [0.05, 0.1) is 16.6 Å². The lowest BCUT2D eigenvalue weighted by Crippen LogP contribution is -2.26. The van der Waals surface area contributed by atoms with Gasteiger partial charge in [0.15, 0.2) is 0 Å². The molecule has 0 heterocycles. The molecule has 0 unspecified atom stereocenters. The van der Waals surface area contributed by atoms with Crippen molar-refractivity contribution in [2.45, 2.75) is 6.42 Å². The van der Waals surface area contributed by atoms with Crippen molar-refractivity contribution in [3.8, 4) is 5.75 Å². The first kappa shape index (κ1) is 15.5. The summed E-state index contributed by atoms with van der Waals surface area (Å²) in [5, 5.41) is 2.67. The molecule has 2 aromatic carbocycles. The number of rotatable bonds is 6. The first-order valence-electron chi connectivity index (χ1n) is 6.58. The molecule has 0 aliphatic heterocycles. The van der Waals surface area contributed by atoms with Gasteiger partial charge in [-0.25, -0.2) is 4.39 Å². The highest BCUT2D eigenvalue weighted by molar-refractivity contribution is 9.10. The van der Waals surface area contributed by atoms with E-state index >= 15 is 0 Å². The van der Waals surface area contributed by atoms with E-state index in [-0.39, 0.29) is 10.0 Å². The van der Waals surface area contributed by atoms with Crippen molar-refractivity contribution >= 4 is 21.8 Å². The van der Waals surface area contributed by atoms with Gasteiger partial charge in [-0.05, 0) is 46.6 Å². The molecule has 0 saturated heterocycles. The minimum Gasteiger partial charge on any atom is -0.494 e. The van der Waals surface area contributed by atoms with Gasteiger partial charge in [-0.15, -0.1) is 0 Å². The largest absolute Gasteiger partial charge is 0.494 e. The van der Waals surface area contributed by atoms with E-state index in [1.807, 2.05) is 30.3 Å². The zero-order chi connectivity index (χ0) is 15.1. The van der Waals surface area contributed by atoms with E-state index in [1.54, 1.807) is 12.1 Å². The van der Waals surface area contributed by atoms with Crippen molar-refractivity contribution in [1.29, 1.82) is 0 Å². The second kappa shape index (κ2) is 7.78. The number of amides is 1. The van der Waals surface area contributed by atoms with Gasteiger partial charge in [0.2, 0.25) is 0 Å². The summed E-state index contributed by atoms with van der Waals surface area (Å²) in [6.07, 6.45) is 0.649. The summed E-state index contributed by atoms with van der Waals surface area (Å²) in [6.45, 7) is 0.920. The summed E-state index contributed by atoms with van der Waals surface area (Å²) in [4.78, 5) is 11.8. The maximum absolute atomic E-state index is 13.7. The normalized spacial score (nSPS) is 10.2. The van der Waals surface area contributed by atoms with Crippen LogP contribution in [0.1, 0.15) is 16.8 Å².